The van der Waals surface area contributed by atoms with Crippen LogP contribution in [-0.2, 0) is 4.79 Å². The molecule has 0 radical (unpaired) electrons. The Morgan fingerprint density at radius 1 is 1.17 bits per heavy atom. The first-order valence-electron chi connectivity index (χ1n) is 6.11. The number of nitrogens with two attached hydrogens (primary N) is 2. The first-order chi connectivity index (χ1) is 8.59. The lowest BCUT2D eigenvalue weighted by atomic mass is 9.94. The molecule has 0 aliphatic heterocycles. The van der Waals surface area contributed by atoms with Gasteiger partial charge in [0.2, 0.25) is 5.91 Å². The zero-order chi connectivity index (χ0) is 13.1. The Hall–Kier alpha value is -1.87. The Kier molecular flexibility index (Phi) is 3.63. The van der Waals surface area contributed by atoms with Crippen molar-refractivity contribution in [1.82, 2.24) is 0 Å². The Morgan fingerprint density at radius 2 is 1.83 bits per heavy atom. The fourth-order valence-electron chi connectivity index (χ4n) is 2.25. The summed E-state index contributed by atoms with van der Waals surface area (Å²) in [5.74, 6) is -0.304. The van der Waals surface area contributed by atoms with Gasteiger partial charge in [0.1, 0.15) is 0 Å². The van der Waals surface area contributed by atoms with Crippen molar-refractivity contribution in [3.63, 3.8) is 0 Å². The van der Waals surface area contributed by atoms with E-state index < -0.39 is 0 Å². The van der Waals surface area contributed by atoms with Crippen molar-refractivity contribution in [1.29, 1.82) is 0 Å². The van der Waals surface area contributed by atoms with Crippen molar-refractivity contribution < 1.29 is 4.79 Å². The van der Waals surface area contributed by atoms with E-state index >= 15 is 0 Å². The third-order valence-corrected chi connectivity index (χ3v) is 3.28. The number of fused-ring (bicyclic) bond motifs is 1. The zero-order valence-corrected chi connectivity index (χ0v) is 10.5. The summed E-state index contributed by atoms with van der Waals surface area (Å²) in [6, 6.07) is 12.2. The maximum atomic E-state index is 10.8. The number of amides is 1. The molecule has 18 heavy (non-hydrogen) atoms. The molecule has 94 valence electrons. The molecule has 1 atom stereocenters. The average molecular weight is 242 g/mol. The maximum absolute atomic E-state index is 10.8. The molecule has 0 saturated heterocycles. The van der Waals surface area contributed by atoms with Gasteiger partial charge in [-0.3, -0.25) is 4.79 Å². The van der Waals surface area contributed by atoms with Crippen molar-refractivity contribution in [3.8, 4) is 0 Å². The number of carbonyl (C=O) groups excluding carboxylic acids is 1. The number of rotatable bonds is 4. The van der Waals surface area contributed by atoms with Gasteiger partial charge in [-0.25, -0.2) is 0 Å². The maximum Gasteiger partial charge on any atom is 0.217 e. The molecule has 1 amide bonds. The van der Waals surface area contributed by atoms with Gasteiger partial charge in [0.05, 0.1) is 0 Å². The van der Waals surface area contributed by atoms with Crippen molar-refractivity contribution in [2.45, 2.75) is 25.8 Å². The van der Waals surface area contributed by atoms with Gasteiger partial charge >= 0.3 is 0 Å². The van der Waals surface area contributed by atoms with E-state index in [1.165, 1.54) is 10.9 Å². The highest BCUT2D eigenvalue weighted by Gasteiger charge is 2.11. The molecule has 0 heterocycles. The summed E-state index contributed by atoms with van der Waals surface area (Å²) in [5, 5.41) is 2.37. The van der Waals surface area contributed by atoms with Crippen LogP contribution in [0.1, 0.15) is 30.0 Å². The molecule has 2 aromatic rings. The molecule has 0 spiro atoms. The van der Waals surface area contributed by atoms with E-state index in [0.717, 1.165) is 10.9 Å². The highest BCUT2D eigenvalue weighted by atomic mass is 16.1. The molecule has 0 aromatic heterocycles. The number of benzene rings is 2. The minimum absolute atomic E-state index is 0.150. The Balaban J connectivity index is 2.39. The van der Waals surface area contributed by atoms with E-state index in [1.807, 2.05) is 18.2 Å². The van der Waals surface area contributed by atoms with Crippen LogP contribution in [0.3, 0.4) is 0 Å². The molecule has 3 nitrogen and oxygen atoms in total. The monoisotopic (exact) mass is 242 g/mol. The van der Waals surface area contributed by atoms with Crippen LogP contribution in [0.5, 0.6) is 0 Å². The highest BCUT2D eigenvalue weighted by molar-refractivity contribution is 5.89. The van der Waals surface area contributed by atoms with Crippen LogP contribution >= 0.6 is 0 Å². The molecule has 2 rings (SSSR count). The minimum Gasteiger partial charge on any atom is -0.370 e. The van der Waals surface area contributed by atoms with Crippen LogP contribution in [-0.4, -0.2) is 5.91 Å². The lowest BCUT2D eigenvalue weighted by Gasteiger charge is -2.15. The smallest absolute Gasteiger partial charge is 0.217 e. The SMILES string of the molecule is Cc1ccc(C(N)CCC(N)=O)c2ccccc12. The average Bonchev–Trinajstić information content (AvgIpc) is 2.37. The van der Waals surface area contributed by atoms with Crippen LogP contribution in [0.4, 0.5) is 0 Å². The molecule has 3 heteroatoms. The Bertz CT molecular complexity index is 578. The molecule has 0 fully saturated rings. The van der Waals surface area contributed by atoms with Crippen LogP contribution in [0.25, 0.3) is 10.8 Å². The molecule has 0 saturated carbocycles. The number of hydrogen-bond acceptors (Lipinski definition) is 2. The molecule has 0 aliphatic carbocycles. The highest BCUT2D eigenvalue weighted by Crippen LogP contribution is 2.27. The van der Waals surface area contributed by atoms with E-state index in [1.54, 1.807) is 0 Å². The summed E-state index contributed by atoms with van der Waals surface area (Å²) in [5.41, 5.74) is 13.6. The van der Waals surface area contributed by atoms with Crippen molar-refractivity contribution in [3.05, 3.63) is 47.5 Å². The van der Waals surface area contributed by atoms with Gasteiger partial charge in [0.15, 0.2) is 0 Å². The molecule has 2 aromatic carbocycles. The third-order valence-electron chi connectivity index (χ3n) is 3.28. The molecule has 1 unspecified atom stereocenters. The molecule has 4 N–H and O–H groups in total. The van der Waals surface area contributed by atoms with E-state index in [2.05, 4.69) is 25.1 Å². The topological polar surface area (TPSA) is 69.1 Å². The van der Waals surface area contributed by atoms with E-state index in [-0.39, 0.29) is 11.9 Å². The Morgan fingerprint density at radius 3 is 2.50 bits per heavy atom. The van der Waals surface area contributed by atoms with Gasteiger partial charge in [-0.05, 0) is 35.2 Å². The van der Waals surface area contributed by atoms with E-state index in [0.29, 0.717) is 12.8 Å². The van der Waals surface area contributed by atoms with Gasteiger partial charge in [0.25, 0.3) is 0 Å². The second-order valence-electron chi connectivity index (χ2n) is 4.63. The lowest BCUT2D eigenvalue weighted by Crippen LogP contribution is -2.16. The predicted octanol–water partition coefficient (Wildman–Crippen LogP) is 2.41. The summed E-state index contributed by atoms with van der Waals surface area (Å²) in [6.07, 6.45) is 0.908. The number of aryl methyl sites for hydroxylation is 1. The fourth-order valence-corrected chi connectivity index (χ4v) is 2.25. The quantitative estimate of drug-likeness (QED) is 0.864. The first-order valence-corrected chi connectivity index (χ1v) is 6.11. The van der Waals surface area contributed by atoms with Crippen molar-refractivity contribution in [2.24, 2.45) is 11.5 Å². The number of carbonyl (C=O) groups is 1. The second-order valence-corrected chi connectivity index (χ2v) is 4.63. The number of hydrogen-bond donors (Lipinski definition) is 2. The Labute approximate surface area is 107 Å². The molecular weight excluding hydrogens is 224 g/mol. The first kappa shape index (κ1) is 12.6. The van der Waals surface area contributed by atoms with Crippen molar-refractivity contribution >= 4 is 16.7 Å². The normalized spacial score (nSPS) is 12.6. The summed E-state index contributed by atoms with van der Waals surface area (Å²) >= 11 is 0. The van der Waals surface area contributed by atoms with Gasteiger partial charge in [-0.1, -0.05) is 36.4 Å². The van der Waals surface area contributed by atoms with Gasteiger partial charge in [-0.2, -0.15) is 0 Å². The minimum atomic E-state index is -0.304. The van der Waals surface area contributed by atoms with Crippen molar-refractivity contribution in [2.75, 3.05) is 0 Å². The zero-order valence-electron chi connectivity index (χ0n) is 10.5. The molecule has 0 bridgehead atoms. The van der Waals surface area contributed by atoms with Gasteiger partial charge in [-0.15, -0.1) is 0 Å². The van der Waals surface area contributed by atoms with Crippen LogP contribution in [0.2, 0.25) is 0 Å². The summed E-state index contributed by atoms with van der Waals surface area (Å²) in [4.78, 5) is 10.8. The number of primary amides is 1. The van der Waals surface area contributed by atoms with E-state index in [9.17, 15) is 4.79 Å². The summed E-state index contributed by atoms with van der Waals surface area (Å²) in [7, 11) is 0. The fraction of sp³-hybridized carbons (Fsp3) is 0.267. The van der Waals surface area contributed by atoms with Crippen LogP contribution in [0, 0.1) is 6.92 Å². The standard InChI is InChI=1S/C15H18N2O/c1-10-6-7-13(14(16)8-9-15(17)18)12-5-3-2-4-11(10)12/h2-7,14H,8-9,16H2,1H3,(H2,17,18). The lowest BCUT2D eigenvalue weighted by molar-refractivity contribution is -0.118. The van der Waals surface area contributed by atoms with Crippen LogP contribution < -0.4 is 11.5 Å². The predicted molar refractivity (Wildman–Crippen MR) is 74.0 cm³/mol. The van der Waals surface area contributed by atoms with E-state index in [4.69, 9.17) is 11.5 Å². The summed E-state index contributed by atoms with van der Waals surface area (Å²) < 4.78 is 0. The summed E-state index contributed by atoms with van der Waals surface area (Å²) in [6.45, 7) is 2.08. The molecular formula is C15H18N2O. The van der Waals surface area contributed by atoms with Gasteiger partial charge in [0, 0.05) is 12.5 Å². The van der Waals surface area contributed by atoms with Crippen LogP contribution in [0.15, 0.2) is 36.4 Å². The molecule has 0 aliphatic rings. The second kappa shape index (κ2) is 5.19. The van der Waals surface area contributed by atoms with Gasteiger partial charge < -0.3 is 11.5 Å². The third kappa shape index (κ3) is 2.51. The largest absolute Gasteiger partial charge is 0.370 e.